The summed E-state index contributed by atoms with van der Waals surface area (Å²) in [6.07, 6.45) is 4.30. The molecule has 2 aromatic carbocycles. The maximum absolute atomic E-state index is 5.75. The Kier molecular flexibility index (Phi) is 6.82. The monoisotopic (exact) mass is 298 g/mol. The summed E-state index contributed by atoms with van der Waals surface area (Å²) in [4.78, 5) is 0. The SMILES string of the molecule is CCCOc1cccc(CCCCOc2ccc(C)cc2)c1. The molecule has 118 valence electrons. The summed E-state index contributed by atoms with van der Waals surface area (Å²) in [5.41, 5.74) is 2.60. The molecule has 0 unspecified atom stereocenters. The Labute approximate surface area is 134 Å². The van der Waals surface area contributed by atoms with Gasteiger partial charge >= 0.3 is 0 Å². The lowest BCUT2D eigenvalue weighted by Gasteiger charge is -2.08. The van der Waals surface area contributed by atoms with Crippen molar-refractivity contribution in [3.8, 4) is 11.5 Å². The Hall–Kier alpha value is -1.96. The Balaban J connectivity index is 1.67. The molecule has 0 heterocycles. The number of ether oxygens (including phenoxy) is 2. The summed E-state index contributed by atoms with van der Waals surface area (Å²) < 4.78 is 11.4. The van der Waals surface area contributed by atoms with Crippen molar-refractivity contribution in [2.75, 3.05) is 13.2 Å². The van der Waals surface area contributed by atoms with E-state index in [0.29, 0.717) is 0 Å². The minimum absolute atomic E-state index is 0.773. The van der Waals surface area contributed by atoms with Crippen LogP contribution in [0.5, 0.6) is 11.5 Å². The minimum Gasteiger partial charge on any atom is -0.494 e. The first kappa shape index (κ1) is 16.4. The molecule has 22 heavy (non-hydrogen) atoms. The first-order chi connectivity index (χ1) is 10.8. The molecule has 0 atom stereocenters. The van der Waals surface area contributed by atoms with E-state index in [1.807, 2.05) is 18.2 Å². The van der Waals surface area contributed by atoms with Crippen LogP contribution < -0.4 is 9.47 Å². The van der Waals surface area contributed by atoms with Crippen molar-refractivity contribution < 1.29 is 9.47 Å². The normalized spacial score (nSPS) is 10.5. The number of unbranched alkanes of at least 4 members (excludes halogenated alkanes) is 1. The molecular weight excluding hydrogens is 272 g/mol. The Morgan fingerprint density at radius 1 is 0.818 bits per heavy atom. The van der Waals surface area contributed by atoms with E-state index >= 15 is 0 Å². The highest BCUT2D eigenvalue weighted by molar-refractivity contribution is 5.28. The third-order valence-corrected chi connectivity index (χ3v) is 3.52. The zero-order valence-corrected chi connectivity index (χ0v) is 13.7. The lowest BCUT2D eigenvalue weighted by atomic mass is 10.1. The van der Waals surface area contributed by atoms with Gasteiger partial charge in [0, 0.05) is 0 Å². The first-order valence-corrected chi connectivity index (χ1v) is 8.19. The van der Waals surface area contributed by atoms with Gasteiger partial charge in [-0.1, -0.05) is 36.8 Å². The van der Waals surface area contributed by atoms with E-state index in [4.69, 9.17) is 9.47 Å². The van der Waals surface area contributed by atoms with Gasteiger partial charge in [-0.2, -0.15) is 0 Å². The average molecular weight is 298 g/mol. The second kappa shape index (κ2) is 9.14. The summed E-state index contributed by atoms with van der Waals surface area (Å²) in [5, 5.41) is 0. The van der Waals surface area contributed by atoms with Gasteiger partial charge in [0.25, 0.3) is 0 Å². The minimum atomic E-state index is 0.773. The molecule has 0 fully saturated rings. The third-order valence-electron chi connectivity index (χ3n) is 3.52. The zero-order chi connectivity index (χ0) is 15.6. The highest BCUT2D eigenvalue weighted by Gasteiger charge is 1.98. The van der Waals surface area contributed by atoms with Crippen LogP contribution in [0.25, 0.3) is 0 Å². The van der Waals surface area contributed by atoms with Crippen LogP contribution in [-0.2, 0) is 6.42 Å². The van der Waals surface area contributed by atoms with Crippen LogP contribution in [-0.4, -0.2) is 13.2 Å². The van der Waals surface area contributed by atoms with Crippen molar-refractivity contribution in [2.45, 2.75) is 39.5 Å². The highest BCUT2D eigenvalue weighted by atomic mass is 16.5. The fourth-order valence-electron chi connectivity index (χ4n) is 2.27. The Morgan fingerprint density at radius 3 is 2.36 bits per heavy atom. The topological polar surface area (TPSA) is 18.5 Å². The summed E-state index contributed by atoms with van der Waals surface area (Å²) in [6.45, 7) is 5.77. The van der Waals surface area contributed by atoms with Crippen molar-refractivity contribution >= 4 is 0 Å². The van der Waals surface area contributed by atoms with Crippen LogP contribution in [0.4, 0.5) is 0 Å². The van der Waals surface area contributed by atoms with E-state index in [0.717, 1.165) is 50.4 Å². The second-order valence-corrected chi connectivity index (χ2v) is 5.61. The van der Waals surface area contributed by atoms with Gasteiger partial charge in [0.1, 0.15) is 11.5 Å². The Morgan fingerprint density at radius 2 is 1.59 bits per heavy atom. The van der Waals surface area contributed by atoms with E-state index in [1.54, 1.807) is 0 Å². The number of hydrogen-bond donors (Lipinski definition) is 0. The third kappa shape index (κ3) is 5.80. The van der Waals surface area contributed by atoms with E-state index in [1.165, 1.54) is 11.1 Å². The van der Waals surface area contributed by atoms with Gasteiger partial charge in [-0.15, -0.1) is 0 Å². The predicted octanol–water partition coefficient (Wildman–Crippen LogP) is 5.19. The van der Waals surface area contributed by atoms with Crippen LogP contribution in [0.3, 0.4) is 0 Å². The molecule has 2 aromatic rings. The smallest absolute Gasteiger partial charge is 0.119 e. The number of aryl methyl sites for hydroxylation is 2. The van der Waals surface area contributed by atoms with E-state index in [9.17, 15) is 0 Å². The van der Waals surface area contributed by atoms with Gasteiger partial charge in [0.15, 0.2) is 0 Å². The molecule has 2 rings (SSSR count). The molecule has 0 aliphatic heterocycles. The van der Waals surface area contributed by atoms with Crippen molar-refractivity contribution in [3.05, 3.63) is 59.7 Å². The molecule has 2 nitrogen and oxygen atoms in total. The van der Waals surface area contributed by atoms with E-state index < -0.39 is 0 Å². The van der Waals surface area contributed by atoms with Gasteiger partial charge < -0.3 is 9.47 Å². The number of hydrogen-bond acceptors (Lipinski definition) is 2. The molecule has 0 saturated heterocycles. The summed E-state index contributed by atoms with van der Waals surface area (Å²) >= 11 is 0. The number of benzene rings is 2. The summed E-state index contributed by atoms with van der Waals surface area (Å²) in [7, 11) is 0. The second-order valence-electron chi connectivity index (χ2n) is 5.61. The van der Waals surface area contributed by atoms with Gasteiger partial charge in [-0.25, -0.2) is 0 Å². The average Bonchev–Trinajstić information content (AvgIpc) is 2.55. The molecule has 0 amide bonds. The van der Waals surface area contributed by atoms with E-state index in [2.05, 4.69) is 44.2 Å². The Bertz CT molecular complexity index is 546. The standard InChI is InChI=1S/C20H26O2/c1-3-14-21-20-9-6-8-18(16-20)7-4-5-15-22-19-12-10-17(2)11-13-19/h6,8-13,16H,3-5,7,14-15H2,1-2H3. The quantitative estimate of drug-likeness (QED) is 0.593. The van der Waals surface area contributed by atoms with Crippen LogP contribution in [0, 0.1) is 6.92 Å². The molecule has 0 radical (unpaired) electrons. The lowest BCUT2D eigenvalue weighted by molar-refractivity contribution is 0.306. The maximum atomic E-state index is 5.75. The molecule has 0 aliphatic rings. The molecule has 2 heteroatoms. The molecule has 0 N–H and O–H groups in total. The van der Waals surface area contributed by atoms with Gasteiger partial charge in [-0.3, -0.25) is 0 Å². The summed E-state index contributed by atoms with van der Waals surface area (Å²) in [5.74, 6) is 1.94. The van der Waals surface area contributed by atoms with Crippen LogP contribution in [0.2, 0.25) is 0 Å². The molecule has 0 saturated carbocycles. The maximum Gasteiger partial charge on any atom is 0.119 e. The van der Waals surface area contributed by atoms with Crippen molar-refractivity contribution in [2.24, 2.45) is 0 Å². The van der Waals surface area contributed by atoms with Crippen LogP contribution in [0.1, 0.15) is 37.3 Å². The first-order valence-electron chi connectivity index (χ1n) is 8.19. The van der Waals surface area contributed by atoms with Gasteiger partial charge in [0.2, 0.25) is 0 Å². The number of rotatable bonds is 9. The summed E-state index contributed by atoms with van der Waals surface area (Å²) in [6, 6.07) is 16.6. The van der Waals surface area contributed by atoms with Crippen LogP contribution >= 0.6 is 0 Å². The van der Waals surface area contributed by atoms with E-state index in [-0.39, 0.29) is 0 Å². The van der Waals surface area contributed by atoms with Gasteiger partial charge in [-0.05, 0) is 62.4 Å². The fourth-order valence-corrected chi connectivity index (χ4v) is 2.27. The van der Waals surface area contributed by atoms with Gasteiger partial charge in [0.05, 0.1) is 13.2 Å². The van der Waals surface area contributed by atoms with Crippen molar-refractivity contribution in [1.82, 2.24) is 0 Å². The van der Waals surface area contributed by atoms with Crippen molar-refractivity contribution in [3.63, 3.8) is 0 Å². The molecule has 0 bridgehead atoms. The molecule has 0 aliphatic carbocycles. The highest BCUT2D eigenvalue weighted by Crippen LogP contribution is 2.16. The zero-order valence-electron chi connectivity index (χ0n) is 13.7. The molecule has 0 spiro atoms. The molecular formula is C20H26O2. The largest absolute Gasteiger partial charge is 0.494 e. The predicted molar refractivity (Wildman–Crippen MR) is 91.8 cm³/mol. The fraction of sp³-hybridized carbons (Fsp3) is 0.400. The van der Waals surface area contributed by atoms with Crippen LogP contribution in [0.15, 0.2) is 48.5 Å². The lowest BCUT2D eigenvalue weighted by Crippen LogP contribution is -1.99. The molecule has 0 aromatic heterocycles. The van der Waals surface area contributed by atoms with Crippen molar-refractivity contribution in [1.29, 1.82) is 0 Å².